The number of allylic oxidation sites excluding steroid dienone is 1. The fourth-order valence-corrected chi connectivity index (χ4v) is 2.32. The van der Waals surface area contributed by atoms with Crippen molar-refractivity contribution in [1.82, 2.24) is 4.90 Å². The molecule has 0 saturated carbocycles. The number of ether oxygens (including phenoxy) is 1. The lowest BCUT2D eigenvalue weighted by Gasteiger charge is -2.32. The molecule has 1 atom stereocenters. The molecule has 1 unspecified atom stereocenters. The van der Waals surface area contributed by atoms with E-state index < -0.39 is 0 Å². The Bertz CT molecular complexity index is 470. The third-order valence-electron chi connectivity index (χ3n) is 3.42. The molecule has 0 spiro atoms. The maximum absolute atomic E-state index is 12.9. The first-order valence-corrected chi connectivity index (χ1v) is 6.98. The van der Waals surface area contributed by atoms with Crippen LogP contribution in [-0.2, 0) is 4.74 Å². The Morgan fingerprint density at radius 3 is 2.90 bits per heavy atom. The Kier molecular flexibility index (Phi) is 5.30. The number of rotatable bonds is 4. The van der Waals surface area contributed by atoms with Crippen molar-refractivity contribution in [2.75, 3.05) is 19.7 Å². The topological polar surface area (TPSA) is 29.5 Å². The largest absolute Gasteiger partial charge is 0.372 e. The maximum atomic E-state index is 12.9. The molecule has 0 aliphatic carbocycles. The number of halogens is 1. The molecule has 1 fully saturated rings. The normalized spacial score (nSPS) is 19.5. The van der Waals surface area contributed by atoms with Crippen LogP contribution in [0.2, 0.25) is 0 Å². The van der Waals surface area contributed by atoms with Crippen LogP contribution in [-0.4, -0.2) is 36.6 Å². The van der Waals surface area contributed by atoms with Crippen LogP contribution in [0.4, 0.5) is 4.39 Å². The van der Waals surface area contributed by atoms with Crippen molar-refractivity contribution < 1.29 is 13.9 Å². The van der Waals surface area contributed by atoms with Crippen LogP contribution in [0, 0.1) is 5.82 Å². The van der Waals surface area contributed by atoms with E-state index in [9.17, 15) is 9.18 Å². The predicted molar refractivity (Wildman–Crippen MR) is 76.1 cm³/mol. The van der Waals surface area contributed by atoms with E-state index in [1.807, 2.05) is 19.1 Å². The molecule has 1 amide bonds. The molecular weight excluding hydrogens is 257 g/mol. The number of carbonyl (C=O) groups excluding carboxylic acids is 1. The summed E-state index contributed by atoms with van der Waals surface area (Å²) in [7, 11) is 0. The zero-order valence-electron chi connectivity index (χ0n) is 11.7. The van der Waals surface area contributed by atoms with Crippen LogP contribution in [0.1, 0.15) is 30.1 Å². The molecular formula is C16H20FNO2. The molecule has 4 heteroatoms. The monoisotopic (exact) mass is 277 g/mol. The fraction of sp³-hybridized carbons (Fsp3) is 0.438. The molecule has 1 aliphatic rings. The second-order valence-corrected chi connectivity index (χ2v) is 4.92. The predicted octanol–water partition coefficient (Wildman–Crippen LogP) is 3.02. The summed E-state index contributed by atoms with van der Waals surface area (Å²) in [5, 5.41) is 0. The van der Waals surface area contributed by atoms with Crippen molar-refractivity contribution in [1.29, 1.82) is 0 Å². The summed E-state index contributed by atoms with van der Waals surface area (Å²) in [6, 6.07) is 5.69. The van der Waals surface area contributed by atoms with E-state index in [1.54, 1.807) is 4.90 Å². The van der Waals surface area contributed by atoms with Crippen LogP contribution >= 0.6 is 0 Å². The summed E-state index contributed by atoms with van der Waals surface area (Å²) in [4.78, 5) is 14.1. The van der Waals surface area contributed by atoms with Gasteiger partial charge in [-0.2, -0.15) is 0 Å². The van der Waals surface area contributed by atoms with E-state index in [2.05, 4.69) is 0 Å². The molecule has 1 aromatic carbocycles. The minimum absolute atomic E-state index is 0.0515. The first-order chi connectivity index (χ1) is 9.70. The van der Waals surface area contributed by atoms with Gasteiger partial charge in [-0.05, 0) is 44.0 Å². The third kappa shape index (κ3) is 3.90. The quantitative estimate of drug-likeness (QED) is 0.792. The van der Waals surface area contributed by atoms with Crippen molar-refractivity contribution in [3.63, 3.8) is 0 Å². The van der Waals surface area contributed by atoms with Gasteiger partial charge in [0.1, 0.15) is 5.82 Å². The van der Waals surface area contributed by atoms with Crippen LogP contribution in [0.25, 0.3) is 0 Å². The van der Waals surface area contributed by atoms with E-state index in [1.165, 1.54) is 24.3 Å². The Labute approximate surface area is 119 Å². The van der Waals surface area contributed by atoms with E-state index in [-0.39, 0.29) is 17.8 Å². The molecule has 1 saturated heterocycles. The smallest absolute Gasteiger partial charge is 0.253 e. The highest BCUT2D eigenvalue weighted by molar-refractivity contribution is 5.94. The summed E-state index contributed by atoms with van der Waals surface area (Å²) in [5.41, 5.74) is 0.528. The second kappa shape index (κ2) is 7.20. The molecule has 0 N–H and O–H groups in total. The highest BCUT2D eigenvalue weighted by Crippen LogP contribution is 2.16. The number of hydrogen-bond donors (Lipinski definition) is 0. The van der Waals surface area contributed by atoms with Crippen molar-refractivity contribution in [3.8, 4) is 0 Å². The molecule has 1 aromatic rings. The highest BCUT2D eigenvalue weighted by Gasteiger charge is 2.24. The molecule has 2 rings (SSSR count). The third-order valence-corrected chi connectivity index (χ3v) is 3.42. The van der Waals surface area contributed by atoms with Gasteiger partial charge >= 0.3 is 0 Å². The minimum atomic E-state index is -0.326. The van der Waals surface area contributed by atoms with Gasteiger partial charge < -0.3 is 9.64 Å². The van der Waals surface area contributed by atoms with Gasteiger partial charge in [0, 0.05) is 18.7 Å². The van der Waals surface area contributed by atoms with Crippen LogP contribution in [0.15, 0.2) is 36.4 Å². The van der Waals surface area contributed by atoms with Crippen molar-refractivity contribution >= 4 is 5.91 Å². The average molecular weight is 277 g/mol. The number of likely N-dealkylation sites (tertiary alicyclic amines) is 1. The lowest BCUT2D eigenvalue weighted by atomic mass is 10.1. The van der Waals surface area contributed by atoms with Gasteiger partial charge in [-0.1, -0.05) is 12.2 Å². The van der Waals surface area contributed by atoms with Crippen LogP contribution in [0.3, 0.4) is 0 Å². The summed E-state index contributed by atoms with van der Waals surface area (Å²) in [5.74, 6) is -0.378. The van der Waals surface area contributed by atoms with Gasteiger partial charge in [-0.15, -0.1) is 0 Å². The van der Waals surface area contributed by atoms with Gasteiger partial charge in [0.25, 0.3) is 5.91 Å². The summed E-state index contributed by atoms with van der Waals surface area (Å²) in [6.45, 7) is 3.88. The standard InChI is InChI=1S/C16H20FNO2/c1-2-3-11-20-15-5-4-10-18(12-15)16(19)13-6-8-14(17)9-7-13/h2-3,6-9,15H,4-5,10-12H2,1H3/b3-2-. The number of hydrogen-bond acceptors (Lipinski definition) is 2. The molecule has 108 valence electrons. The SMILES string of the molecule is C/C=C\COC1CCCN(C(=O)c2ccc(F)cc2)C1. The van der Waals surface area contributed by atoms with E-state index >= 15 is 0 Å². The van der Waals surface area contributed by atoms with Crippen molar-refractivity contribution in [2.45, 2.75) is 25.9 Å². The Hall–Kier alpha value is -1.68. The Morgan fingerprint density at radius 1 is 1.45 bits per heavy atom. The van der Waals surface area contributed by atoms with Crippen LogP contribution < -0.4 is 0 Å². The number of piperidine rings is 1. The Morgan fingerprint density at radius 2 is 2.20 bits per heavy atom. The maximum Gasteiger partial charge on any atom is 0.253 e. The van der Waals surface area contributed by atoms with Gasteiger partial charge in [0.05, 0.1) is 12.7 Å². The first kappa shape index (κ1) is 14.7. The second-order valence-electron chi connectivity index (χ2n) is 4.92. The lowest BCUT2D eigenvalue weighted by molar-refractivity contribution is 0.0133. The van der Waals surface area contributed by atoms with Crippen molar-refractivity contribution in [2.24, 2.45) is 0 Å². The molecule has 3 nitrogen and oxygen atoms in total. The van der Waals surface area contributed by atoms with E-state index in [4.69, 9.17) is 4.74 Å². The van der Waals surface area contributed by atoms with E-state index in [0.717, 1.165) is 19.4 Å². The molecule has 1 aliphatic heterocycles. The highest BCUT2D eigenvalue weighted by atomic mass is 19.1. The number of nitrogens with zero attached hydrogens (tertiary/aromatic N) is 1. The zero-order valence-corrected chi connectivity index (χ0v) is 11.7. The van der Waals surface area contributed by atoms with Crippen LogP contribution in [0.5, 0.6) is 0 Å². The van der Waals surface area contributed by atoms with Gasteiger partial charge in [-0.25, -0.2) is 4.39 Å². The van der Waals surface area contributed by atoms with E-state index in [0.29, 0.717) is 18.7 Å². The minimum Gasteiger partial charge on any atom is -0.372 e. The molecule has 0 bridgehead atoms. The molecule has 1 heterocycles. The molecule has 0 radical (unpaired) electrons. The summed E-state index contributed by atoms with van der Waals surface area (Å²) >= 11 is 0. The number of benzene rings is 1. The average Bonchev–Trinajstić information content (AvgIpc) is 2.48. The first-order valence-electron chi connectivity index (χ1n) is 6.98. The zero-order chi connectivity index (χ0) is 14.4. The lowest BCUT2D eigenvalue weighted by Crippen LogP contribution is -2.43. The number of carbonyl (C=O) groups is 1. The summed E-state index contributed by atoms with van der Waals surface area (Å²) < 4.78 is 18.6. The van der Waals surface area contributed by atoms with Gasteiger partial charge in [0.2, 0.25) is 0 Å². The number of amides is 1. The van der Waals surface area contributed by atoms with Gasteiger partial charge in [-0.3, -0.25) is 4.79 Å². The Balaban J connectivity index is 1.94. The fourth-order valence-electron chi connectivity index (χ4n) is 2.32. The van der Waals surface area contributed by atoms with Crippen molar-refractivity contribution in [3.05, 3.63) is 47.8 Å². The molecule has 20 heavy (non-hydrogen) atoms. The molecule has 0 aromatic heterocycles. The van der Waals surface area contributed by atoms with Gasteiger partial charge in [0.15, 0.2) is 0 Å². The summed E-state index contributed by atoms with van der Waals surface area (Å²) in [6.07, 6.45) is 5.91.